The number of halogens is 1. The van der Waals surface area contributed by atoms with E-state index in [1.165, 1.54) is 6.21 Å². The van der Waals surface area contributed by atoms with E-state index in [1.807, 2.05) is 36.4 Å². The van der Waals surface area contributed by atoms with Gasteiger partial charge in [0.1, 0.15) is 0 Å². The third-order valence-corrected chi connectivity index (χ3v) is 2.79. The van der Waals surface area contributed by atoms with Crippen molar-refractivity contribution >= 4 is 32.9 Å². The van der Waals surface area contributed by atoms with Gasteiger partial charge >= 0.3 is 0 Å². The molecular weight excluding hydrogens is 242 g/mol. The third-order valence-electron chi connectivity index (χ3n) is 2.10. The summed E-state index contributed by atoms with van der Waals surface area (Å²) in [7, 11) is 0. The van der Waals surface area contributed by atoms with Crippen LogP contribution in [0.15, 0.2) is 46.0 Å². The zero-order valence-electron chi connectivity index (χ0n) is 7.31. The van der Waals surface area contributed by atoms with Crippen LogP contribution in [0.3, 0.4) is 0 Å². The van der Waals surface area contributed by atoms with Gasteiger partial charge < -0.3 is 5.21 Å². The molecule has 2 aromatic rings. The molecule has 0 atom stereocenters. The van der Waals surface area contributed by atoms with Gasteiger partial charge in [0.05, 0.1) is 6.21 Å². The molecule has 0 bridgehead atoms. The first-order valence-corrected chi connectivity index (χ1v) is 4.97. The van der Waals surface area contributed by atoms with Gasteiger partial charge in [-0.25, -0.2) is 0 Å². The minimum atomic E-state index is 0.909. The van der Waals surface area contributed by atoms with Crippen molar-refractivity contribution in [3.8, 4) is 0 Å². The molecule has 2 nitrogen and oxygen atoms in total. The number of oxime groups is 1. The molecule has 0 aliphatic carbocycles. The first kappa shape index (κ1) is 9.21. The van der Waals surface area contributed by atoms with E-state index in [1.54, 1.807) is 0 Å². The Kier molecular flexibility index (Phi) is 2.50. The summed E-state index contributed by atoms with van der Waals surface area (Å²) in [5, 5.41) is 13.7. The van der Waals surface area contributed by atoms with Gasteiger partial charge in [-0.2, -0.15) is 0 Å². The quantitative estimate of drug-likeness (QED) is 0.469. The number of fused-ring (bicyclic) bond motifs is 1. The molecule has 0 aromatic heterocycles. The average Bonchev–Trinajstić information content (AvgIpc) is 2.23. The Hall–Kier alpha value is -1.35. The van der Waals surface area contributed by atoms with E-state index in [9.17, 15) is 0 Å². The fourth-order valence-corrected chi connectivity index (χ4v) is 1.94. The fraction of sp³-hybridized carbons (Fsp3) is 0. The van der Waals surface area contributed by atoms with Crippen molar-refractivity contribution in [2.24, 2.45) is 5.16 Å². The number of hydrogen-bond acceptors (Lipinski definition) is 2. The SMILES string of the molecule is O/N=C\c1ccc(Br)c2ccccc12. The second kappa shape index (κ2) is 3.80. The maximum Gasteiger partial charge on any atom is 0.0740 e. The first-order chi connectivity index (χ1) is 6.83. The van der Waals surface area contributed by atoms with Crippen molar-refractivity contribution in [3.63, 3.8) is 0 Å². The van der Waals surface area contributed by atoms with Gasteiger partial charge in [0.15, 0.2) is 0 Å². The van der Waals surface area contributed by atoms with Gasteiger partial charge in [-0.1, -0.05) is 51.4 Å². The largest absolute Gasteiger partial charge is 0.411 e. The van der Waals surface area contributed by atoms with Gasteiger partial charge in [-0.3, -0.25) is 0 Å². The minimum absolute atomic E-state index is 0.909. The van der Waals surface area contributed by atoms with E-state index in [0.29, 0.717) is 0 Å². The van der Waals surface area contributed by atoms with Crippen LogP contribution in [0.25, 0.3) is 10.8 Å². The predicted molar refractivity (Wildman–Crippen MR) is 61.0 cm³/mol. The second-order valence-electron chi connectivity index (χ2n) is 2.93. The van der Waals surface area contributed by atoms with Crippen molar-refractivity contribution in [2.45, 2.75) is 0 Å². The number of nitrogens with zero attached hydrogens (tertiary/aromatic N) is 1. The number of rotatable bonds is 1. The summed E-state index contributed by atoms with van der Waals surface area (Å²) in [6.07, 6.45) is 1.44. The highest BCUT2D eigenvalue weighted by atomic mass is 79.9. The Morgan fingerprint density at radius 1 is 1.07 bits per heavy atom. The van der Waals surface area contributed by atoms with E-state index in [-0.39, 0.29) is 0 Å². The van der Waals surface area contributed by atoms with E-state index in [0.717, 1.165) is 20.8 Å². The normalized spacial score (nSPS) is 11.2. The standard InChI is InChI=1S/C11H8BrNO/c12-11-6-5-8(7-13-14)9-3-1-2-4-10(9)11/h1-7,14H/b13-7-. The summed E-state index contributed by atoms with van der Waals surface area (Å²) >= 11 is 3.48. The maximum absolute atomic E-state index is 8.51. The van der Waals surface area contributed by atoms with Gasteiger partial charge in [0.2, 0.25) is 0 Å². The van der Waals surface area contributed by atoms with Crippen LogP contribution in [0.4, 0.5) is 0 Å². The smallest absolute Gasteiger partial charge is 0.0740 e. The Labute approximate surface area is 90.0 Å². The lowest BCUT2D eigenvalue weighted by atomic mass is 10.1. The molecule has 3 heteroatoms. The lowest BCUT2D eigenvalue weighted by Crippen LogP contribution is -1.84. The lowest BCUT2D eigenvalue weighted by molar-refractivity contribution is 0.322. The van der Waals surface area contributed by atoms with Gasteiger partial charge in [-0.15, -0.1) is 0 Å². The Balaban J connectivity index is 2.81. The van der Waals surface area contributed by atoms with E-state index >= 15 is 0 Å². The van der Waals surface area contributed by atoms with E-state index < -0.39 is 0 Å². The summed E-state index contributed by atoms with van der Waals surface area (Å²) in [4.78, 5) is 0. The molecule has 0 fully saturated rings. The molecule has 0 radical (unpaired) electrons. The lowest BCUT2D eigenvalue weighted by Gasteiger charge is -2.02. The molecule has 0 saturated carbocycles. The number of hydrogen-bond donors (Lipinski definition) is 1. The van der Waals surface area contributed by atoms with Crippen LogP contribution in [0.1, 0.15) is 5.56 Å². The zero-order valence-corrected chi connectivity index (χ0v) is 8.90. The Morgan fingerprint density at radius 2 is 1.79 bits per heavy atom. The van der Waals surface area contributed by atoms with Crippen LogP contribution in [0.5, 0.6) is 0 Å². The maximum atomic E-state index is 8.51. The molecule has 0 aliphatic rings. The molecule has 70 valence electrons. The highest BCUT2D eigenvalue weighted by Gasteiger charge is 2.01. The van der Waals surface area contributed by atoms with Gasteiger partial charge in [0, 0.05) is 10.0 Å². The third kappa shape index (κ3) is 1.51. The molecule has 0 unspecified atom stereocenters. The van der Waals surface area contributed by atoms with Crippen LogP contribution in [-0.4, -0.2) is 11.4 Å². The Morgan fingerprint density at radius 3 is 2.50 bits per heavy atom. The van der Waals surface area contributed by atoms with Crippen LogP contribution in [-0.2, 0) is 0 Å². The van der Waals surface area contributed by atoms with Crippen molar-refractivity contribution in [3.05, 3.63) is 46.4 Å². The fourth-order valence-electron chi connectivity index (χ4n) is 1.46. The molecule has 0 aliphatic heterocycles. The highest BCUT2D eigenvalue weighted by molar-refractivity contribution is 9.10. The summed E-state index contributed by atoms with van der Waals surface area (Å²) in [5.74, 6) is 0. The Bertz CT molecular complexity index is 494. The second-order valence-corrected chi connectivity index (χ2v) is 3.78. The van der Waals surface area contributed by atoms with E-state index in [4.69, 9.17) is 5.21 Å². The summed E-state index contributed by atoms with van der Waals surface area (Å²) in [6, 6.07) is 11.8. The zero-order chi connectivity index (χ0) is 9.97. The van der Waals surface area contributed by atoms with E-state index in [2.05, 4.69) is 21.1 Å². The van der Waals surface area contributed by atoms with Crippen LogP contribution >= 0.6 is 15.9 Å². The monoisotopic (exact) mass is 249 g/mol. The summed E-state index contributed by atoms with van der Waals surface area (Å²) in [6.45, 7) is 0. The average molecular weight is 250 g/mol. The molecular formula is C11H8BrNO. The van der Waals surface area contributed by atoms with Crippen molar-refractivity contribution < 1.29 is 5.21 Å². The summed E-state index contributed by atoms with van der Waals surface area (Å²) in [5.41, 5.74) is 0.909. The minimum Gasteiger partial charge on any atom is -0.411 e. The molecule has 0 saturated heterocycles. The van der Waals surface area contributed by atoms with Crippen LogP contribution < -0.4 is 0 Å². The molecule has 0 spiro atoms. The first-order valence-electron chi connectivity index (χ1n) is 4.17. The van der Waals surface area contributed by atoms with Gasteiger partial charge in [-0.05, 0) is 16.8 Å². The van der Waals surface area contributed by atoms with Crippen molar-refractivity contribution in [1.82, 2.24) is 0 Å². The number of benzene rings is 2. The molecule has 0 heterocycles. The van der Waals surface area contributed by atoms with Gasteiger partial charge in [0.25, 0.3) is 0 Å². The molecule has 14 heavy (non-hydrogen) atoms. The highest BCUT2D eigenvalue weighted by Crippen LogP contribution is 2.25. The molecule has 1 N–H and O–H groups in total. The molecule has 0 amide bonds. The molecule has 2 rings (SSSR count). The van der Waals surface area contributed by atoms with Crippen LogP contribution in [0.2, 0.25) is 0 Å². The topological polar surface area (TPSA) is 32.6 Å². The summed E-state index contributed by atoms with van der Waals surface area (Å²) < 4.78 is 1.04. The molecule has 2 aromatic carbocycles. The predicted octanol–water partition coefficient (Wildman–Crippen LogP) is 3.41. The van der Waals surface area contributed by atoms with Crippen molar-refractivity contribution in [1.29, 1.82) is 0 Å². The van der Waals surface area contributed by atoms with Crippen molar-refractivity contribution in [2.75, 3.05) is 0 Å². The van der Waals surface area contributed by atoms with Crippen LogP contribution in [0, 0.1) is 0 Å².